The first-order valence-electron chi connectivity index (χ1n) is 6.78. The van der Waals surface area contributed by atoms with Gasteiger partial charge in [0.15, 0.2) is 0 Å². The van der Waals surface area contributed by atoms with Crippen molar-refractivity contribution in [2.24, 2.45) is 0 Å². The van der Waals surface area contributed by atoms with Crippen molar-refractivity contribution >= 4 is 0 Å². The summed E-state index contributed by atoms with van der Waals surface area (Å²) in [6, 6.07) is 15.3. The summed E-state index contributed by atoms with van der Waals surface area (Å²) in [5, 5.41) is 8.78. The summed E-state index contributed by atoms with van der Waals surface area (Å²) in [6.07, 6.45) is 0.477. The van der Waals surface area contributed by atoms with Gasteiger partial charge in [0.05, 0.1) is 13.7 Å². The lowest BCUT2D eigenvalue weighted by atomic mass is 10.1. The molecule has 0 aliphatic carbocycles. The second-order valence-electron chi connectivity index (χ2n) is 4.40. The van der Waals surface area contributed by atoms with Gasteiger partial charge in [-0.3, -0.25) is 0 Å². The highest BCUT2D eigenvalue weighted by Gasteiger charge is 2.01. The number of aliphatic hydroxyl groups excluding tert-OH is 1. The molecule has 2 rings (SSSR count). The maximum atomic E-state index is 8.78. The maximum absolute atomic E-state index is 8.78. The summed E-state index contributed by atoms with van der Waals surface area (Å²) < 4.78 is 11.0. The first-order chi connectivity index (χ1) is 10.3. The molecule has 3 nitrogen and oxygen atoms in total. The van der Waals surface area contributed by atoms with Crippen molar-refractivity contribution in [1.82, 2.24) is 0 Å². The first-order valence-corrected chi connectivity index (χ1v) is 6.78. The molecule has 0 heterocycles. The third kappa shape index (κ3) is 4.55. The van der Waals surface area contributed by atoms with Crippen molar-refractivity contribution in [2.45, 2.75) is 13.0 Å². The number of rotatable bonds is 5. The highest BCUT2D eigenvalue weighted by Crippen LogP contribution is 2.20. The van der Waals surface area contributed by atoms with Crippen LogP contribution >= 0.6 is 0 Å². The molecule has 1 N–H and O–H groups in total. The molecule has 3 heteroatoms. The van der Waals surface area contributed by atoms with E-state index in [-0.39, 0.29) is 6.61 Å². The summed E-state index contributed by atoms with van der Waals surface area (Å²) >= 11 is 0. The van der Waals surface area contributed by atoms with Gasteiger partial charge in [0.25, 0.3) is 0 Å². The third-order valence-electron chi connectivity index (χ3n) is 2.91. The lowest BCUT2D eigenvalue weighted by Gasteiger charge is -2.09. The van der Waals surface area contributed by atoms with Crippen LogP contribution in [0.1, 0.15) is 17.5 Å². The van der Waals surface area contributed by atoms with Crippen molar-refractivity contribution in [2.75, 3.05) is 13.7 Å². The first kappa shape index (κ1) is 15.0. The summed E-state index contributed by atoms with van der Waals surface area (Å²) in [6.45, 7) is 0.520. The van der Waals surface area contributed by atoms with Crippen LogP contribution in [0, 0.1) is 11.8 Å². The van der Waals surface area contributed by atoms with Crippen molar-refractivity contribution in [3.05, 3.63) is 59.7 Å². The van der Waals surface area contributed by atoms with E-state index in [4.69, 9.17) is 14.6 Å². The Balaban J connectivity index is 2.07. The summed E-state index contributed by atoms with van der Waals surface area (Å²) in [5.74, 6) is 7.52. The van der Waals surface area contributed by atoms with Gasteiger partial charge in [0, 0.05) is 23.6 Å². The standard InChI is InChI=1S/C18H18O3/c1-20-17-10-6-11-18(13-17)21-14-16-9-3-2-7-15(16)8-4-5-12-19/h2-3,6-7,9-11,13,19H,5,12,14H2,1H3. The van der Waals surface area contributed by atoms with E-state index in [1.807, 2.05) is 48.5 Å². The summed E-state index contributed by atoms with van der Waals surface area (Å²) in [7, 11) is 1.63. The minimum Gasteiger partial charge on any atom is -0.497 e. The molecule has 0 aromatic heterocycles. The van der Waals surface area contributed by atoms with Crippen LogP contribution in [-0.2, 0) is 6.61 Å². The molecule has 0 saturated heterocycles. The fourth-order valence-corrected chi connectivity index (χ4v) is 1.83. The van der Waals surface area contributed by atoms with Gasteiger partial charge in [-0.1, -0.05) is 36.1 Å². The Morgan fingerprint density at radius 3 is 2.67 bits per heavy atom. The Morgan fingerprint density at radius 2 is 1.86 bits per heavy atom. The minimum atomic E-state index is 0.0788. The number of hydrogen-bond donors (Lipinski definition) is 1. The van der Waals surface area contributed by atoms with E-state index in [9.17, 15) is 0 Å². The van der Waals surface area contributed by atoms with E-state index < -0.39 is 0 Å². The monoisotopic (exact) mass is 282 g/mol. The average Bonchev–Trinajstić information content (AvgIpc) is 2.54. The van der Waals surface area contributed by atoms with Crippen molar-refractivity contribution in [3.63, 3.8) is 0 Å². The fourth-order valence-electron chi connectivity index (χ4n) is 1.83. The van der Waals surface area contributed by atoms with Gasteiger partial charge in [-0.05, 0) is 18.2 Å². The highest BCUT2D eigenvalue weighted by molar-refractivity contribution is 5.41. The van der Waals surface area contributed by atoms with Gasteiger partial charge in [0.2, 0.25) is 0 Å². The SMILES string of the molecule is COc1cccc(OCc2ccccc2C#CCCO)c1. The molecule has 108 valence electrons. The number of hydrogen-bond acceptors (Lipinski definition) is 3. The largest absolute Gasteiger partial charge is 0.497 e. The van der Waals surface area contributed by atoms with Crippen LogP contribution < -0.4 is 9.47 Å². The molecule has 0 saturated carbocycles. The number of ether oxygens (including phenoxy) is 2. The van der Waals surface area contributed by atoms with E-state index in [1.54, 1.807) is 7.11 Å². The molecule has 0 fully saturated rings. The third-order valence-corrected chi connectivity index (χ3v) is 2.91. The van der Waals surface area contributed by atoms with Crippen LogP contribution in [-0.4, -0.2) is 18.8 Å². The van der Waals surface area contributed by atoms with Gasteiger partial charge < -0.3 is 14.6 Å². The quantitative estimate of drug-likeness (QED) is 0.857. The molecular formula is C18H18O3. The van der Waals surface area contributed by atoms with Crippen LogP contribution in [0.3, 0.4) is 0 Å². The average molecular weight is 282 g/mol. The van der Waals surface area contributed by atoms with E-state index in [0.717, 1.165) is 22.6 Å². The molecule has 0 radical (unpaired) electrons. The predicted octanol–water partition coefficient (Wildman–Crippen LogP) is 3.01. The molecule has 2 aromatic rings. The van der Waals surface area contributed by atoms with E-state index in [1.165, 1.54) is 0 Å². The Labute approximate surface area is 125 Å². The summed E-state index contributed by atoms with van der Waals surface area (Å²) in [5.41, 5.74) is 1.94. The zero-order valence-electron chi connectivity index (χ0n) is 12.0. The maximum Gasteiger partial charge on any atom is 0.123 e. The van der Waals surface area contributed by atoms with Gasteiger partial charge >= 0.3 is 0 Å². The second-order valence-corrected chi connectivity index (χ2v) is 4.40. The Bertz CT molecular complexity index is 638. The lowest BCUT2D eigenvalue weighted by molar-refractivity contribution is 0.303. The molecule has 0 aliphatic rings. The van der Waals surface area contributed by atoms with Crippen LogP contribution in [0.25, 0.3) is 0 Å². The zero-order chi connectivity index (χ0) is 14.9. The number of aliphatic hydroxyl groups is 1. The molecule has 0 spiro atoms. The van der Waals surface area contributed by atoms with Gasteiger partial charge in [0.1, 0.15) is 18.1 Å². The van der Waals surface area contributed by atoms with E-state index in [0.29, 0.717) is 13.0 Å². The topological polar surface area (TPSA) is 38.7 Å². The lowest BCUT2D eigenvalue weighted by Crippen LogP contribution is -1.98. The molecule has 2 aromatic carbocycles. The molecular weight excluding hydrogens is 264 g/mol. The number of methoxy groups -OCH3 is 1. The van der Waals surface area contributed by atoms with E-state index in [2.05, 4.69) is 11.8 Å². The molecule has 0 unspecified atom stereocenters. The van der Waals surface area contributed by atoms with Crippen molar-refractivity contribution in [1.29, 1.82) is 0 Å². The Kier molecular flexibility index (Phi) is 5.69. The zero-order valence-corrected chi connectivity index (χ0v) is 12.0. The highest BCUT2D eigenvalue weighted by atomic mass is 16.5. The van der Waals surface area contributed by atoms with Crippen LogP contribution in [0.2, 0.25) is 0 Å². The molecule has 21 heavy (non-hydrogen) atoms. The predicted molar refractivity (Wildman–Crippen MR) is 82.3 cm³/mol. The van der Waals surface area contributed by atoms with Crippen molar-refractivity contribution < 1.29 is 14.6 Å². The smallest absolute Gasteiger partial charge is 0.123 e. The minimum absolute atomic E-state index is 0.0788. The summed E-state index contributed by atoms with van der Waals surface area (Å²) in [4.78, 5) is 0. The van der Waals surface area contributed by atoms with Crippen LogP contribution in [0.5, 0.6) is 11.5 Å². The van der Waals surface area contributed by atoms with Crippen LogP contribution in [0.15, 0.2) is 48.5 Å². The number of benzene rings is 2. The fraction of sp³-hybridized carbons (Fsp3) is 0.222. The van der Waals surface area contributed by atoms with Gasteiger partial charge in [-0.15, -0.1) is 0 Å². The van der Waals surface area contributed by atoms with E-state index >= 15 is 0 Å². The van der Waals surface area contributed by atoms with Gasteiger partial charge in [-0.25, -0.2) is 0 Å². The normalized spacial score (nSPS) is 9.62. The Hall–Kier alpha value is -2.44. The van der Waals surface area contributed by atoms with Gasteiger partial charge in [-0.2, -0.15) is 0 Å². The molecule has 0 bridgehead atoms. The van der Waals surface area contributed by atoms with Crippen molar-refractivity contribution in [3.8, 4) is 23.3 Å². The molecule has 0 aliphatic heterocycles. The second kappa shape index (κ2) is 7.98. The molecule has 0 atom stereocenters. The molecule has 0 amide bonds. The van der Waals surface area contributed by atoms with Crippen LogP contribution in [0.4, 0.5) is 0 Å². The Morgan fingerprint density at radius 1 is 1.05 bits per heavy atom.